The van der Waals surface area contributed by atoms with Crippen LogP contribution in [-0.2, 0) is 4.79 Å². The van der Waals surface area contributed by atoms with E-state index in [0.717, 1.165) is 30.6 Å². The molecule has 19 heavy (non-hydrogen) atoms. The van der Waals surface area contributed by atoms with E-state index in [0.29, 0.717) is 0 Å². The zero-order valence-electron chi connectivity index (χ0n) is 11.5. The van der Waals surface area contributed by atoms with Gasteiger partial charge >= 0.3 is 0 Å². The first-order chi connectivity index (χ1) is 9.03. The average molecular weight is 256 g/mol. The fourth-order valence-corrected chi connectivity index (χ4v) is 2.56. The van der Waals surface area contributed by atoms with Crippen LogP contribution in [-0.4, -0.2) is 18.5 Å². The standard InChI is InChI=1S/C16H20N2O/c1-4-12-7-5-8-13(11-12)18-15(19)14-16(2,3)9-6-10-17-14/h1,5,7-8,11,14,17H,6,9-10H2,2-3H3,(H,18,19). The predicted molar refractivity (Wildman–Crippen MR) is 77.8 cm³/mol. The third kappa shape index (κ3) is 3.15. The number of benzene rings is 1. The highest BCUT2D eigenvalue weighted by molar-refractivity contribution is 5.95. The summed E-state index contributed by atoms with van der Waals surface area (Å²) in [6.07, 6.45) is 7.53. The highest BCUT2D eigenvalue weighted by atomic mass is 16.2. The van der Waals surface area contributed by atoms with Gasteiger partial charge in [-0.15, -0.1) is 6.42 Å². The van der Waals surface area contributed by atoms with E-state index in [1.807, 2.05) is 24.3 Å². The highest BCUT2D eigenvalue weighted by Crippen LogP contribution is 2.30. The zero-order chi connectivity index (χ0) is 13.9. The van der Waals surface area contributed by atoms with Crippen molar-refractivity contribution in [3.63, 3.8) is 0 Å². The molecule has 0 radical (unpaired) electrons. The molecule has 1 aromatic carbocycles. The smallest absolute Gasteiger partial charge is 0.242 e. The Morgan fingerprint density at radius 3 is 3.00 bits per heavy atom. The molecule has 1 amide bonds. The zero-order valence-corrected chi connectivity index (χ0v) is 11.5. The van der Waals surface area contributed by atoms with Gasteiger partial charge < -0.3 is 10.6 Å². The molecule has 1 fully saturated rings. The van der Waals surface area contributed by atoms with Crippen molar-refractivity contribution in [3.8, 4) is 12.3 Å². The number of rotatable bonds is 2. The quantitative estimate of drug-likeness (QED) is 0.798. The molecule has 1 saturated heterocycles. The highest BCUT2D eigenvalue weighted by Gasteiger charge is 2.36. The molecule has 0 aromatic heterocycles. The summed E-state index contributed by atoms with van der Waals surface area (Å²) in [6, 6.07) is 7.21. The number of carbonyl (C=O) groups excluding carboxylic acids is 1. The van der Waals surface area contributed by atoms with Gasteiger partial charge in [0, 0.05) is 11.3 Å². The van der Waals surface area contributed by atoms with E-state index < -0.39 is 0 Å². The third-order valence-corrected chi connectivity index (χ3v) is 3.69. The summed E-state index contributed by atoms with van der Waals surface area (Å²) < 4.78 is 0. The molecule has 0 bridgehead atoms. The average Bonchev–Trinajstić information content (AvgIpc) is 2.38. The summed E-state index contributed by atoms with van der Waals surface area (Å²) in [4.78, 5) is 12.4. The number of amides is 1. The van der Waals surface area contributed by atoms with Crippen LogP contribution >= 0.6 is 0 Å². The van der Waals surface area contributed by atoms with E-state index in [1.165, 1.54) is 0 Å². The first-order valence-corrected chi connectivity index (χ1v) is 6.64. The van der Waals surface area contributed by atoms with Gasteiger partial charge in [0.15, 0.2) is 0 Å². The van der Waals surface area contributed by atoms with Crippen molar-refractivity contribution in [2.45, 2.75) is 32.7 Å². The minimum absolute atomic E-state index is 0.0128. The van der Waals surface area contributed by atoms with Crippen molar-refractivity contribution in [3.05, 3.63) is 29.8 Å². The van der Waals surface area contributed by atoms with Crippen LogP contribution in [0.15, 0.2) is 24.3 Å². The van der Waals surface area contributed by atoms with Crippen LogP contribution in [0, 0.1) is 17.8 Å². The number of carbonyl (C=O) groups is 1. The number of hydrogen-bond acceptors (Lipinski definition) is 2. The summed E-state index contributed by atoms with van der Waals surface area (Å²) >= 11 is 0. The second-order valence-corrected chi connectivity index (χ2v) is 5.69. The fourth-order valence-electron chi connectivity index (χ4n) is 2.56. The Balaban J connectivity index is 2.10. The summed E-state index contributed by atoms with van der Waals surface area (Å²) in [6.45, 7) is 5.15. The first kappa shape index (κ1) is 13.6. The van der Waals surface area contributed by atoms with E-state index in [9.17, 15) is 4.79 Å². The summed E-state index contributed by atoms with van der Waals surface area (Å²) in [5.41, 5.74) is 1.50. The van der Waals surface area contributed by atoms with Crippen LogP contribution in [0.4, 0.5) is 5.69 Å². The summed E-state index contributed by atoms with van der Waals surface area (Å²) in [7, 11) is 0. The first-order valence-electron chi connectivity index (χ1n) is 6.64. The van der Waals surface area contributed by atoms with Gasteiger partial charge in [-0.05, 0) is 43.0 Å². The molecule has 1 unspecified atom stereocenters. The van der Waals surface area contributed by atoms with E-state index in [-0.39, 0.29) is 17.4 Å². The maximum Gasteiger partial charge on any atom is 0.242 e. The lowest BCUT2D eigenvalue weighted by Crippen LogP contribution is -2.53. The number of nitrogens with one attached hydrogen (secondary N) is 2. The molecule has 1 heterocycles. The number of terminal acetylenes is 1. The van der Waals surface area contributed by atoms with Gasteiger partial charge in [0.05, 0.1) is 6.04 Å². The SMILES string of the molecule is C#Cc1cccc(NC(=O)C2NCCCC2(C)C)c1. The molecular formula is C16H20N2O. The van der Waals surface area contributed by atoms with E-state index in [1.54, 1.807) is 0 Å². The largest absolute Gasteiger partial charge is 0.325 e. The van der Waals surface area contributed by atoms with Gasteiger partial charge in [-0.25, -0.2) is 0 Å². The second kappa shape index (κ2) is 5.46. The molecule has 1 aliphatic heterocycles. The molecule has 3 nitrogen and oxygen atoms in total. The Bertz CT molecular complexity index is 514. The van der Waals surface area contributed by atoms with Crippen LogP contribution < -0.4 is 10.6 Å². The minimum Gasteiger partial charge on any atom is -0.325 e. The lowest BCUT2D eigenvalue weighted by Gasteiger charge is -2.38. The van der Waals surface area contributed by atoms with Crippen LogP contribution in [0.25, 0.3) is 0 Å². The minimum atomic E-state index is -0.157. The van der Waals surface area contributed by atoms with Crippen LogP contribution in [0.1, 0.15) is 32.3 Å². The normalized spacial score (nSPS) is 21.4. The molecule has 2 rings (SSSR count). The van der Waals surface area contributed by atoms with Gasteiger partial charge in [0.1, 0.15) is 0 Å². The van der Waals surface area contributed by atoms with Crippen LogP contribution in [0.5, 0.6) is 0 Å². The fraction of sp³-hybridized carbons (Fsp3) is 0.438. The van der Waals surface area contributed by atoms with Gasteiger partial charge in [-0.3, -0.25) is 4.79 Å². The number of hydrogen-bond donors (Lipinski definition) is 2. The van der Waals surface area contributed by atoms with Crippen molar-refractivity contribution in [1.29, 1.82) is 0 Å². The predicted octanol–water partition coefficient (Wildman–Crippen LogP) is 2.38. The lowest BCUT2D eigenvalue weighted by atomic mass is 9.77. The van der Waals surface area contributed by atoms with Gasteiger partial charge in [0.2, 0.25) is 5.91 Å². The Labute approximate surface area is 114 Å². The molecule has 1 atom stereocenters. The lowest BCUT2D eigenvalue weighted by molar-refractivity contribution is -0.121. The molecule has 0 aliphatic carbocycles. The molecule has 100 valence electrons. The van der Waals surface area contributed by atoms with Gasteiger partial charge in [0.25, 0.3) is 0 Å². The molecule has 0 saturated carbocycles. The van der Waals surface area contributed by atoms with Crippen LogP contribution in [0.2, 0.25) is 0 Å². The molecule has 3 heteroatoms. The third-order valence-electron chi connectivity index (χ3n) is 3.69. The summed E-state index contributed by atoms with van der Waals surface area (Å²) in [5.74, 6) is 2.58. The monoisotopic (exact) mass is 256 g/mol. The summed E-state index contributed by atoms with van der Waals surface area (Å²) in [5, 5.41) is 6.25. The Kier molecular flexibility index (Phi) is 3.92. The molecule has 1 aliphatic rings. The second-order valence-electron chi connectivity index (χ2n) is 5.69. The Morgan fingerprint density at radius 2 is 2.32 bits per heavy atom. The van der Waals surface area contributed by atoms with Crippen molar-refractivity contribution >= 4 is 11.6 Å². The van der Waals surface area contributed by atoms with E-state index in [4.69, 9.17) is 6.42 Å². The molecule has 2 N–H and O–H groups in total. The maximum atomic E-state index is 12.4. The van der Waals surface area contributed by atoms with Crippen molar-refractivity contribution in [1.82, 2.24) is 5.32 Å². The Morgan fingerprint density at radius 1 is 1.53 bits per heavy atom. The van der Waals surface area contributed by atoms with Crippen molar-refractivity contribution < 1.29 is 4.79 Å². The van der Waals surface area contributed by atoms with Crippen molar-refractivity contribution in [2.24, 2.45) is 5.41 Å². The molecular weight excluding hydrogens is 236 g/mol. The molecule has 1 aromatic rings. The van der Waals surface area contributed by atoms with Gasteiger partial charge in [-0.1, -0.05) is 25.8 Å². The van der Waals surface area contributed by atoms with Crippen molar-refractivity contribution in [2.75, 3.05) is 11.9 Å². The van der Waals surface area contributed by atoms with E-state index in [2.05, 4.69) is 30.4 Å². The number of anilines is 1. The van der Waals surface area contributed by atoms with Gasteiger partial charge in [-0.2, -0.15) is 0 Å². The van der Waals surface area contributed by atoms with Crippen LogP contribution in [0.3, 0.4) is 0 Å². The van der Waals surface area contributed by atoms with E-state index >= 15 is 0 Å². The Hall–Kier alpha value is -1.79. The number of piperidine rings is 1. The topological polar surface area (TPSA) is 41.1 Å². The maximum absolute atomic E-state index is 12.4. The molecule has 0 spiro atoms.